The van der Waals surface area contributed by atoms with E-state index in [1.807, 2.05) is 19.1 Å². The molecule has 0 aromatic carbocycles. The summed E-state index contributed by atoms with van der Waals surface area (Å²) in [7, 11) is 0. The van der Waals surface area contributed by atoms with E-state index in [0.717, 1.165) is 56.1 Å². The van der Waals surface area contributed by atoms with Crippen molar-refractivity contribution in [2.24, 2.45) is 0 Å². The van der Waals surface area contributed by atoms with Gasteiger partial charge in [0.1, 0.15) is 11.8 Å². The van der Waals surface area contributed by atoms with Crippen LogP contribution in [0.15, 0.2) is 41.3 Å². The summed E-state index contributed by atoms with van der Waals surface area (Å²) in [6, 6.07) is 5.93. The van der Waals surface area contributed by atoms with Gasteiger partial charge in [-0.1, -0.05) is 0 Å². The Morgan fingerprint density at radius 1 is 1.29 bits per heavy atom. The number of likely N-dealkylation sites (tertiary alicyclic amines) is 1. The van der Waals surface area contributed by atoms with Crippen molar-refractivity contribution in [3.05, 3.63) is 42.5 Å². The molecule has 4 heterocycles. The molecule has 3 aromatic heterocycles. The smallest absolute Gasteiger partial charge is 0.254 e. The molecule has 1 aliphatic rings. The fourth-order valence-electron chi connectivity index (χ4n) is 3.89. The topological polar surface area (TPSA) is 97.5 Å². The van der Waals surface area contributed by atoms with Gasteiger partial charge in [-0.3, -0.25) is 9.36 Å². The second-order valence-corrected chi connectivity index (χ2v) is 7.66. The Morgan fingerprint density at radius 2 is 2.16 bits per heavy atom. The number of hydrogen-bond acceptors (Lipinski definition) is 7. The largest absolute Gasteiger partial charge is 0.472 e. The van der Waals surface area contributed by atoms with E-state index in [9.17, 15) is 4.79 Å². The number of amides is 1. The van der Waals surface area contributed by atoms with Crippen LogP contribution in [-0.4, -0.2) is 70.8 Å². The molecular weight excluding hydrogens is 396 g/mol. The Kier molecular flexibility index (Phi) is 7.16. The van der Waals surface area contributed by atoms with E-state index >= 15 is 0 Å². The number of aromatic nitrogens is 3. The number of piperidine rings is 1. The van der Waals surface area contributed by atoms with Crippen molar-refractivity contribution < 1.29 is 13.9 Å². The number of hydrogen-bond donors (Lipinski definition) is 2. The van der Waals surface area contributed by atoms with Crippen LogP contribution in [0.25, 0.3) is 11.2 Å². The molecule has 1 aliphatic heterocycles. The Labute approximate surface area is 181 Å². The van der Waals surface area contributed by atoms with Gasteiger partial charge in [0.05, 0.1) is 25.0 Å². The molecule has 1 fully saturated rings. The average Bonchev–Trinajstić information content (AvgIpc) is 3.44. The average molecular weight is 427 g/mol. The first kappa shape index (κ1) is 21.3. The molecule has 0 radical (unpaired) electrons. The third kappa shape index (κ3) is 5.42. The monoisotopic (exact) mass is 426 g/mol. The summed E-state index contributed by atoms with van der Waals surface area (Å²) < 4.78 is 12.6. The molecule has 0 bridgehead atoms. The number of carbonyl (C=O) groups excluding carboxylic acids is 1. The molecule has 3 aromatic rings. The number of ether oxygens (including phenoxy) is 1. The van der Waals surface area contributed by atoms with Gasteiger partial charge in [0.15, 0.2) is 5.65 Å². The summed E-state index contributed by atoms with van der Waals surface area (Å²) in [5.41, 5.74) is 2.34. The SMILES string of the molecule is CCOCCn1c(NC2CCN(CCNC(=O)c3ccoc3)CC2)nc2cccnc21. The second-order valence-electron chi connectivity index (χ2n) is 7.66. The van der Waals surface area contributed by atoms with Gasteiger partial charge in [0.25, 0.3) is 5.91 Å². The minimum atomic E-state index is -0.0927. The van der Waals surface area contributed by atoms with Crippen LogP contribution in [0.5, 0.6) is 0 Å². The van der Waals surface area contributed by atoms with Crippen molar-refractivity contribution >= 4 is 23.0 Å². The number of furan rings is 1. The molecule has 1 saturated heterocycles. The lowest BCUT2D eigenvalue weighted by Gasteiger charge is -2.32. The molecule has 31 heavy (non-hydrogen) atoms. The van der Waals surface area contributed by atoms with Crippen LogP contribution in [0, 0.1) is 0 Å². The fraction of sp³-hybridized carbons (Fsp3) is 0.500. The predicted molar refractivity (Wildman–Crippen MR) is 118 cm³/mol. The highest BCUT2D eigenvalue weighted by atomic mass is 16.5. The number of nitrogens with one attached hydrogen (secondary N) is 2. The Bertz CT molecular complexity index is 963. The highest BCUT2D eigenvalue weighted by Gasteiger charge is 2.21. The van der Waals surface area contributed by atoms with E-state index in [0.29, 0.717) is 31.4 Å². The third-order valence-electron chi connectivity index (χ3n) is 5.58. The maximum absolute atomic E-state index is 12.0. The highest BCUT2D eigenvalue weighted by molar-refractivity contribution is 5.93. The highest BCUT2D eigenvalue weighted by Crippen LogP contribution is 2.21. The summed E-state index contributed by atoms with van der Waals surface area (Å²) in [5.74, 6) is 0.768. The normalized spacial score (nSPS) is 15.4. The van der Waals surface area contributed by atoms with Gasteiger partial charge < -0.3 is 24.7 Å². The Hall–Kier alpha value is -2.91. The van der Waals surface area contributed by atoms with Gasteiger partial charge in [-0.2, -0.15) is 0 Å². The van der Waals surface area contributed by atoms with Gasteiger partial charge in [-0.15, -0.1) is 0 Å². The van der Waals surface area contributed by atoms with Crippen LogP contribution in [0.1, 0.15) is 30.1 Å². The number of nitrogens with zero attached hydrogens (tertiary/aromatic N) is 4. The molecule has 1 amide bonds. The molecular formula is C22H30N6O3. The molecule has 0 spiro atoms. The number of pyridine rings is 1. The van der Waals surface area contributed by atoms with E-state index in [4.69, 9.17) is 14.1 Å². The molecule has 9 nitrogen and oxygen atoms in total. The molecule has 9 heteroatoms. The van der Waals surface area contributed by atoms with E-state index in [1.54, 1.807) is 12.3 Å². The number of imidazole rings is 1. The van der Waals surface area contributed by atoms with Crippen molar-refractivity contribution in [1.82, 2.24) is 24.8 Å². The molecule has 4 rings (SSSR count). The summed E-state index contributed by atoms with van der Waals surface area (Å²) in [6.45, 7) is 7.49. The van der Waals surface area contributed by atoms with E-state index < -0.39 is 0 Å². The molecule has 0 atom stereocenters. The lowest BCUT2D eigenvalue weighted by molar-refractivity contribution is 0.0945. The molecule has 0 aliphatic carbocycles. The van der Waals surface area contributed by atoms with Gasteiger partial charge in [0.2, 0.25) is 5.95 Å². The van der Waals surface area contributed by atoms with Crippen LogP contribution >= 0.6 is 0 Å². The van der Waals surface area contributed by atoms with Gasteiger partial charge in [-0.25, -0.2) is 9.97 Å². The van der Waals surface area contributed by atoms with Crippen LogP contribution in [-0.2, 0) is 11.3 Å². The van der Waals surface area contributed by atoms with Gasteiger partial charge >= 0.3 is 0 Å². The minimum absolute atomic E-state index is 0.0927. The number of anilines is 1. The standard InChI is InChI=1S/C22H30N6O3/c1-2-30-15-13-28-20-19(4-3-8-23-20)26-22(28)25-18-5-10-27(11-6-18)12-9-24-21(29)17-7-14-31-16-17/h3-4,7-8,14,16,18H,2,5-6,9-13,15H2,1H3,(H,24,29)(H,25,26). The minimum Gasteiger partial charge on any atom is -0.472 e. The summed E-state index contributed by atoms with van der Waals surface area (Å²) in [5, 5.41) is 6.57. The maximum atomic E-state index is 12.0. The van der Waals surface area contributed by atoms with Gasteiger partial charge in [-0.05, 0) is 38.0 Å². The zero-order valence-electron chi connectivity index (χ0n) is 17.9. The predicted octanol–water partition coefficient (Wildman–Crippen LogP) is 2.37. The summed E-state index contributed by atoms with van der Waals surface area (Å²) in [6.07, 6.45) is 6.82. The molecule has 166 valence electrons. The zero-order valence-corrected chi connectivity index (χ0v) is 17.9. The first-order valence-electron chi connectivity index (χ1n) is 10.9. The van der Waals surface area contributed by atoms with E-state index in [1.165, 1.54) is 12.5 Å². The van der Waals surface area contributed by atoms with Crippen molar-refractivity contribution in [2.75, 3.05) is 44.7 Å². The second kappa shape index (κ2) is 10.4. The van der Waals surface area contributed by atoms with Crippen molar-refractivity contribution in [1.29, 1.82) is 0 Å². The first-order valence-corrected chi connectivity index (χ1v) is 10.9. The molecule has 2 N–H and O–H groups in total. The van der Waals surface area contributed by atoms with Crippen molar-refractivity contribution in [3.63, 3.8) is 0 Å². The fourth-order valence-corrected chi connectivity index (χ4v) is 3.89. The number of fused-ring (bicyclic) bond motifs is 1. The first-order chi connectivity index (χ1) is 15.2. The van der Waals surface area contributed by atoms with Crippen LogP contribution in [0.4, 0.5) is 5.95 Å². The molecule has 0 saturated carbocycles. The van der Waals surface area contributed by atoms with Gasteiger partial charge in [0, 0.05) is 45.0 Å². The Balaban J connectivity index is 1.27. The maximum Gasteiger partial charge on any atom is 0.254 e. The van der Waals surface area contributed by atoms with Crippen LogP contribution < -0.4 is 10.6 Å². The van der Waals surface area contributed by atoms with Crippen LogP contribution in [0.2, 0.25) is 0 Å². The van der Waals surface area contributed by atoms with Crippen LogP contribution in [0.3, 0.4) is 0 Å². The quantitative estimate of drug-likeness (QED) is 0.480. The summed E-state index contributed by atoms with van der Waals surface area (Å²) >= 11 is 0. The van der Waals surface area contributed by atoms with E-state index in [2.05, 4.69) is 25.1 Å². The summed E-state index contributed by atoms with van der Waals surface area (Å²) in [4.78, 5) is 23.6. The number of rotatable bonds is 10. The lowest BCUT2D eigenvalue weighted by atomic mass is 10.1. The molecule has 0 unspecified atom stereocenters. The number of carbonyl (C=O) groups is 1. The Morgan fingerprint density at radius 3 is 2.94 bits per heavy atom. The van der Waals surface area contributed by atoms with E-state index in [-0.39, 0.29) is 5.91 Å². The van der Waals surface area contributed by atoms with Crippen molar-refractivity contribution in [2.45, 2.75) is 32.4 Å². The third-order valence-corrected chi connectivity index (χ3v) is 5.58. The lowest BCUT2D eigenvalue weighted by Crippen LogP contribution is -2.43. The van der Waals surface area contributed by atoms with Crippen molar-refractivity contribution in [3.8, 4) is 0 Å². The zero-order chi connectivity index (χ0) is 21.5.